The Hall–Kier alpha value is -3.06. The van der Waals surface area contributed by atoms with Crippen molar-refractivity contribution < 1.29 is 33.3 Å². The molecular formula is C24H28O7. The topological polar surface area (TPSA) is 80.3 Å². The van der Waals surface area contributed by atoms with E-state index in [-0.39, 0.29) is 13.2 Å². The molecule has 0 spiro atoms. The van der Waals surface area contributed by atoms with Crippen molar-refractivity contribution in [2.24, 2.45) is 10.8 Å². The smallest absolute Gasteiger partial charge is 0.338 e. The van der Waals surface area contributed by atoms with Crippen LogP contribution in [-0.2, 0) is 14.2 Å². The van der Waals surface area contributed by atoms with Gasteiger partial charge >= 0.3 is 11.9 Å². The molecule has 0 radical (unpaired) electrons. The molecular weight excluding hydrogens is 400 g/mol. The Bertz CT molecular complexity index is 831. The minimum absolute atomic E-state index is 0.147. The van der Waals surface area contributed by atoms with Gasteiger partial charge in [0.15, 0.2) is 0 Å². The van der Waals surface area contributed by atoms with Crippen LogP contribution < -0.4 is 9.47 Å². The Balaban J connectivity index is 1.60. The van der Waals surface area contributed by atoms with Gasteiger partial charge in [-0.15, -0.1) is 0 Å². The van der Waals surface area contributed by atoms with Gasteiger partial charge in [-0.2, -0.15) is 0 Å². The Morgan fingerprint density at radius 1 is 0.742 bits per heavy atom. The van der Waals surface area contributed by atoms with E-state index in [0.717, 1.165) is 0 Å². The number of hydrogen-bond acceptors (Lipinski definition) is 7. The van der Waals surface area contributed by atoms with Gasteiger partial charge in [0.05, 0.1) is 51.8 Å². The lowest BCUT2D eigenvalue weighted by Gasteiger charge is -2.37. The maximum Gasteiger partial charge on any atom is 0.338 e. The average molecular weight is 428 g/mol. The van der Waals surface area contributed by atoms with Gasteiger partial charge in [0.1, 0.15) is 11.5 Å². The molecule has 2 aromatic carbocycles. The normalized spacial score (nSPS) is 22.6. The van der Waals surface area contributed by atoms with Crippen molar-refractivity contribution in [3.63, 3.8) is 0 Å². The standard InChI is InChI=1S/C24H28O7/c1-23(15-30-21(25)17-5-9-19(27-3)10-6-17)13-29-14-24(23,2)16-31-22(26)18-7-11-20(28-4)12-8-18/h5-12H,13-16H2,1-4H3/t23-,24-/m1/s1. The second-order valence-corrected chi connectivity index (χ2v) is 8.22. The maximum absolute atomic E-state index is 12.5. The Morgan fingerprint density at radius 3 is 1.42 bits per heavy atom. The highest BCUT2D eigenvalue weighted by Crippen LogP contribution is 2.45. The van der Waals surface area contributed by atoms with Crippen molar-refractivity contribution in [3.05, 3.63) is 59.7 Å². The molecule has 31 heavy (non-hydrogen) atoms. The largest absolute Gasteiger partial charge is 0.497 e. The highest BCUT2D eigenvalue weighted by Gasteiger charge is 2.51. The Kier molecular flexibility index (Phi) is 6.85. The zero-order valence-corrected chi connectivity index (χ0v) is 18.3. The first-order valence-corrected chi connectivity index (χ1v) is 10.0. The van der Waals surface area contributed by atoms with Crippen LogP contribution in [0.4, 0.5) is 0 Å². The molecule has 1 aliphatic rings. The lowest BCUT2D eigenvalue weighted by atomic mass is 9.69. The van der Waals surface area contributed by atoms with Crippen LogP contribution in [0.2, 0.25) is 0 Å². The second-order valence-electron chi connectivity index (χ2n) is 8.22. The van der Waals surface area contributed by atoms with Crippen molar-refractivity contribution in [2.75, 3.05) is 40.6 Å². The molecule has 0 aliphatic carbocycles. The first-order chi connectivity index (χ1) is 14.8. The maximum atomic E-state index is 12.5. The van der Waals surface area contributed by atoms with E-state index < -0.39 is 22.8 Å². The number of esters is 2. The quantitative estimate of drug-likeness (QED) is 0.592. The number of carbonyl (C=O) groups is 2. The number of methoxy groups -OCH3 is 2. The summed E-state index contributed by atoms with van der Waals surface area (Å²) in [7, 11) is 3.13. The van der Waals surface area contributed by atoms with Crippen molar-refractivity contribution >= 4 is 11.9 Å². The predicted octanol–water partition coefficient (Wildman–Crippen LogP) is 3.76. The zero-order chi connectivity index (χ0) is 22.5. The van der Waals surface area contributed by atoms with E-state index in [4.69, 9.17) is 23.7 Å². The molecule has 0 amide bonds. The molecule has 7 heteroatoms. The fourth-order valence-corrected chi connectivity index (χ4v) is 3.35. The third-order valence-corrected chi connectivity index (χ3v) is 5.99. The van der Waals surface area contributed by atoms with Gasteiger partial charge in [-0.25, -0.2) is 9.59 Å². The minimum atomic E-state index is -0.505. The van der Waals surface area contributed by atoms with Gasteiger partial charge < -0.3 is 23.7 Å². The Morgan fingerprint density at radius 2 is 1.10 bits per heavy atom. The fraction of sp³-hybridized carbons (Fsp3) is 0.417. The molecule has 0 saturated carbocycles. The van der Waals surface area contributed by atoms with Crippen molar-refractivity contribution in [2.45, 2.75) is 13.8 Å². The zero-order valence-electron chi connectivity index (χ0n) is 18.3. The molecule has 0 bridgehead atoms. The molecule has 2 atom stereocenters. The molecule has 0 aromatic heterocycles. The van der Waals surface area contributed by atoms with Crippen LogP contribution in [0.15, 0.2) is 48.5 Å². The summed E-state index contributed by atoms with van der Waals surface area (Å²) < 4.78 is 27.1. The van der Waals surface area contributed by atoms with Crippen molar-refractivity contribution in [3.8, 4) is 11.5 Å². The molecule has 1 fully saturated rings. The third-order valence-electron chi connectivity index (χ3n) is 5.99. The summed E-state index contributed by atoms with van der Waals surface area (Å²) in [4.78, 5) is 24.9. The van der Waals surface area contributed by atoms with E-state index in [1.54, 1.807) is 62.8 Å². The van der Waals surface area contributed by atoms with E-state index in [2.05, 4.69) is 0 Å². The van der Waals surface area contributed by atoms with Gasteiger partial charge in [0.25, 0.3) is 0 Å². The molecule has 7 nitrogen and oxygen atoms in total. The monoisotopic (exact) mass is 428 g/mol. The first kappa shape index (κ1) is 22.6. The molecule has 1 aliphatic heterocycles. The summed E-state index contributed by atoms with van der Waals surface area (Å²) in [5, 5.41) is 0. The van der Waals surface area contributed by atoms with Gasteiger partial charge in [-0.3, -0.25) is 0 Å². The van der Waals surface area contributed by atoms with Crippen LogP contribution >= 0.6 is 0 Å². The van der Waals surface area contributed by atoms with Gasteiger partial charge in [-0.05, 0) is 48.5 Å². The summed E-state index contributed by atoms with van der Waals surface area (Å²) in [5.41, 5.74) is -0.128. The Labute approximate surface area is 182 Å². The first-order valence-electron chi connectivity index (χ1n) is 10.0. The highest BCUT2D eigenvalue weighted by molar-refractivity contribution is 5.90. The van der Waals surface area contributed by atoms with Crippen molar-refractivity contribution in [1.29, 1.82) is 0 Å². The minimum Gasteiger partial charge on any atom is -0.497 e. The van der Waals surface area contributed by atoms with Gasteiger partial charge in [0, 0.05) is 10.8 Å². The summed E-state index contributed by atoms with van der Waals surface area (Å²) in [6, 6.07) is 13.5. The molecule has 1 saturated heterocycles. The summed E-state index contributed by atoms with van der Waals surface area (Å²) in [6.45, 7) is 5.05. The van der Waals surface area contributed by atoms with E-state index in [0.29, 0.717) is 35.8 Å². The van der Waals surface area contributed by atoms with Crippen molar-refractivity contribution in [1.82, 2.24) is 0 Å². The van der Waals surface area contributed by atoms with Crippen LogP contribution in [0, 0.1) is 10.8 Å². The van der Waals surface area contributed by atoms with Crippen LogP contribution in [0.5, 0.6) is 11.5 Å². The molecule has 1 heterocycles. The average Bonchev–Trinajstić information content (AvgIpc) is 3.10. The molecule has 0 unspecified atom stereocenters. The number of benzene rings is 2. The van der Waals surface area contributed by atoms with Crippen LogP contribution in [0.1, 0.15) is 34.6 Å². The molecule has 0 N–H and O–H groups in total. The molecule has 2 aromatic rings. The number of rotatable bonds is 8. The SMILES string of the molecule is COc1ccc(C(=O)OC[C@@]2(C)COC[C@]2(C)COC(=O)c2ccc(OC)cc2)cc1. The van der Waals surface area contributed by atoms with Gasteiger partial charge in [0.2, 0.25) is 0 Å². The lowest BCUT2D eigenvalue weighted by molar-refractivity contribution is -0.0245. The van der Waals surface area contributed by atoms with E-state index in [9.17, 15) is 9.59 Å². The molecule has 166 valence electrons. The second kappa shape index (κ2) is 9.39. The van der Waals surface area contributed by atoms with E-state index >= 15 is 0 Å². The van der Waals surface area contributed by atoms with Crippen LogP contribution in [-0.4, -0.2) is 52.6 Å². The molecule has 3 rings (SSSR count). The summed E-state index contributed by atoms with van der Waals surface area (Å²) in [5.74, 6) is 0.486. The van der Waals surface area contributed by atoms with Gasteiger partial charge in [-0.1, -0.05) is 13.8 Å². The van der Waals surface area contributed by atoms with E-state index in [1.165, 1.54) is 0 Å². The van der Waals surface area contributed by atoms with E-state index in [1.807, 2.05) is 13.8 Å². The predicted molar refractivity (Wildman–Crippen MR) is 114 cm³/mol. The number of hydrogen-bond donors (Lipinski definition) is 0. The third kappa shape index (κ3) is 4.99. The fourth-order valence-electron chi connectivity index (χ4n) is 3.35. The lowest BCUT2D eigenvalue weighted by Crippen LogP contribution is -2.44. The number of carbonyl (C=O) groups excluding carboxylic acids is 2. The summed E-state index contributed by atoms with van der Waals surface area (Å²) >= 11 is 0. The van der Waals surface area contributed by atoms with Crippen LogP contribution in [0.3, 0.4) is 0 Å². The van der Waals surface area contributed by atoms with Crippen LogP contribution in [0.25, 0.3) is 0 Å². The summed E-state index contributed by atoms with van der Waals surface area (Å²) in [6.07, 6.45) is 0. The highest BCUT2D eigenvalue weighted by atomic mass is 16.5. The number of ether oxygens (including phenoxy) is 5.